The van der Waals surface area contributed by atoms with E-state index in [1.54, 1.807) is 0 Å². The molecule has 0 unspecified atom stereocenters. The number of rotatable bonds is 5. The van der Waals surface area contributed by atoms with Gasteiger partial charge < -0.3 is 19.9 Å². The average molecular weight is 323 g/mol. The molecular weight excluding hydrogens is 290 g/mol. The lowest BCUT2D eigenvalue weighted by Crippen LogP contribution is -2.49. The Morgan fingerprint density at radius 1 is 1.13 bits per heavy atom. The minimum absolute atomic E-state index is 0.181. The van der Waals surface area contributed by atoms with Crippen LogP contribution in [-0.4, -0.2) is 67.3 Å². The Kier molecular flexibility index (Phi) is 5.81. The summed E-state index contributed by atoms with van der Waals surface area (Å²) in [6.07, 6.45) is 6.45. The third kappa shape index (κ3) is 4.60. The summed E-state index contributed by atoms with van der Waals surface area (Å²) in [6, 6.07) is 0.534. The fraction of sp³-hybridized carbons (Fsp3) is 0.944. The number of amides is 2. The molecule has 3 fully saturated rings. The summed E-state index contributed by atoms with van der Waals surface area (Å²) in [5.41, 5.74) is 0. The standard InChI is InChI=1S/C18H33N3O2/c1-14(2)23-11-10-20-8-6-17(7-9-20)19-18(22)21-12-15-4-3-5-16(15)13-21/h14-17H,3-13H2,1-2H3,(H,19,22)/t15-,16-/m0/s1. The van der Waals surface area contributed by atoms with Gasteiger partial charge in [0, 0.05) is 38.8 Å². The van der Waals surface area contributed by atoms with Crippen LogP contribution in [0.2, 0.25) is 0 Å². The molecule has 3 aliphatic rings. The van der Waals surface area contributed by atoms with Gasteiger partial charge in [-0.2, -0.15) is 0 Å². The van der Waals surface area contributed by atoms with E-state index in [1.165, 1.54) is 19.3 Å². The largest absolute Gasteiger partial charge is 0.377 e. The fourth-order valence-corrected chi connectivity index (χ4v) is 4.39. The molecule has 1 N–H and O–H groups in total. The van der Waals surface area contributed by atoms with E-state index in [2.05, 4.69) is 29.0 Å². The molecule has 1 aliphatic carbocycles. The second-order valence-corrected chi connectivity index (χ2v) is 7.84. The molecular formula is C18H33N3O2. The summed E-state index contributed by atoms with van der Waals surface area (Å²) in [5, 5.41) is 3.27. The molecule has 2 amide bonds. The van der Waals surface area contributed by atoms with Crippen molar-refractivity contribution in [2.24, 2.45) is 11.8 Å². The SMILES string of the molecule is CC(C)OCCN1CCC(NC(=O)N2C[C@@H]3CCC[C@H]3C2)CC1. The van der Waals surface area contributed by atoms with Gasteiger partial charge >= 0.3 is 6.03 Å². The zero-order valence-electron chi connectivity index (χ0n) is 14.8. The number of urea groups is 1. The van der Waals surface area contributed by atoms with Gasteiger partial charge in [0.05, 0.1) is 12.7 Å². The monoisotopic (exact) mass is 323 g/mol. The Morgan fingerprint density at radius 3 is 2.39 bits per heavy atom. The summed E-state index contributed by atoms with van der Waals surface area (Å²) in [5.74, 6) is 1.56. The molecule has 2 saturated heterocycles. The van der Waals surface area contributed by atoms with Gasteiger partial charge in [0.25, 0.3) is 0 Å². The first-order valence-corrected chi connectivity index (χ1v) is 9.51. The van der Waals surface area contributed by atoms with Crippen LogP contribution in [0.1, 0.15) is 46.0 Å². The summed E-state index contributed by atoms with van der Waals surface area (Å²) >= 11 is 0. The Balaban J connectivity index is 1.33. The fourth-order valence-electron chi connectivity index (χ4n) is 4.39. The number of likely N-dealkylation sites (tertiary alicyclic amines) is 2. The van der Waals surface area contributed by atoms with Crippen molar-refractivity contribution in [1.82, 2.24) is 15.1 Å². The van der Waals surface area contributed by atoms with Crippen molar-refractivity contribution in [2.75, 3.05) is 39.3 Å². The molecule has 0 bridgehead atoms. The van der Waals surface area contributed by atoms with Gasteiger partial charge in [-0.05, 0) is 51.4 Å². The normalized spacial score (nSPS) is 29.3. The molecule has 1 saturated carbocycles. The van der Waals surface area contributed by atoms with Crippen LogP contribution in [0.15, 0.2) is 0 Å². The first-order chi connectivity index (χ1) is 11.1. The molecule has 2 heterocycles. The maximum atomic E-state index is 12.5. The molecule has 0 aromatic heterocycles. The molecule has 2 atom stereocenters. The van der Waals surface area contributed by atoms with Gasteiger partial charge in [0.2, 0.25) is 0 Å². The quantitative estimate of drug-likeness (QED) is 0.844. The van der Waals surface area contributed by atoms with Crippen LogP contribution in [0.5, 0.6) is 0 Å². The summed E-state index contributed by atoms with van der Waals surface area (Å²) in [6.45, 7) is 10.1. The first kappa shape index (κ1) is 17.0. The zero-order valence-corrected chi connectivity index (χ0v) is 14.8. The van der Waals surface area contributed by atoms with E-state index in [0.717, 1.165) is 64.0 Å². The van der Waals surface area contributed by atoms with Crippen molar-refractivity contribution in [3.05, 3.63) is 0 Å². The van der Waals surface area contributed by atoms with Crippen LogP contribution in [-0.2, 0) is 4.74 Å². The number of hydrogen-bond acceptors (Lipinski definition) is 3. The van der Waals surface area contributed by atoms with Crippen LogP contribution in [0.4, 0.5) is 4.79 Å². The molecule has 0 aromatic carbocycles. The summed E-state index contributed by atoms with van der Waals surface area (Å²) in [7, 11) is 0. The number of carbonyl (C=O) groups is 1. The van der Waals surface area contributed by atoms with Crippen LogP contribution in [0, 0.1) is 11.8 Å². The highest BCUT2D eigenvalue weighted by Gasteiger charge is 2.38. The Morgan fingerprint density at radius 2 is 1.78 bits per heavy atom. The molecule has 2 aliphatic heterocycles. The van der Waals surface area contributed by atoms with Crippen molar-refractivity contribution >= 4 is 6.03 Å². The predicted molar refractivity (Wildman–Crippen MR) is 91.5 cm³/mol. The van der Waals surface area contributed by atoms with Gasteiger partial charge in [-0.25, -0.2) is 4.79 Å². The van der Waals surface area contributed by atoms with Crippen LogP contribution in [0.25, 0.3) is 0 Å². The lowest BCUT2D eigenvalue weighted by molar-refractivity contribution is 0.0527. The number of nitrogens with zero attached hydrogens (tertiary/aromatic N) is 2. The lowest BCUT2D eigenvalue weighted by atomic mass is 10.0. The first-order valence-electron chi connectivity index (χ1n) is 9.51. The maximum Gasteiger partial charge on any atom is 0.317 e. The Labute approximate surface area is 140 Å². The summed E-state index contributed by atoms with van der Waals surface area (Å²) < 4.78 is 5.62. The Bertz CT molecular complexity index is 382. The van der Waals surface area contributed by atoms with Gasteiger partial charge in [0.1, 0.15) is 0 Å². The Hall–Kier alpha value is -0.810. The predicted octanol–water partition coefficient (Wildman–Crippen LogP) is 2.32. The molecule has 5 heteroatoms. The van der Waals surface area contributed by atoms with Gasteiger partial charge in [-0.1, -0.05) is 6.42 Å². The van der Waals surface area contributed by atoms with Crippen LogP contribution in [0.3, 0.4) is 0 Å². The highest BCUT2D eigenvalue weighted by molar-refractivity contribution is 5.75. The second-order valence-electron chi connectivity index (χ2n) is 7.84. The topological polar surface area (TPSA) is 44.8 Å². The lowest BCUT2D eigenvalue weighted by Gasteiger charge is -2.33. The van der Waals surface area contributed by atoms with Gasteiger partial charge in [-0.15, -0.1) is 0 Å². The van der Waals surface area contributed by atoms with Crippen LogP contribution >= 0.6 is 0 Å². The second kappa shape index (κ2) is 7.84. The van der Waals surface area contributed by atoms with Crippen molar-refractivity contribution in [3.8, 4) is 0 Å². The van der Waals surface area contributed by atoms with E-state index in [0.29, 0.717) is 12.1 Å². The van der Waals surface area contributed by atoms with E-state index < -0.39 is 0 Å². The molecule has 0 aromatic rings. The molecule has 0 spiro atoms. The van der Waals surface area contributed by atoms with Crippen molar-refractivity contribution in [2.45, 2.75) is 58.1 Å². The van der Waals surface area contributed by atoms with Crippen molar-refractivity contribution in [1.29, 1.82) is 0 Å². The van der Waals surface area contributed by atoms with Crippen molar-refractivity contribution in [3.63, 3.8) is 0 Å². The number of piperidine rings is 1. The number of fused-ring (bicyclic) bond motifs is 1. The molecule has 3 rings (SSSR count). The van der Waals surface area contributed by atoms with Crippen molar-refractivity contribution < 1.29 is 9.53 Å². The van der Waals surface area contributed by atoms with Gasteiger partial charge in [-0.3, -0.25) is 0 Å². The highest BCUT2D eigenvalue weighted by Crippen LogP contribution is 2.37. The number of nitrogens with one attached hydrogen (secondary N) is 1. The van der Waals surface area contributed by atoms with E-state index in [9.17, 15) is 4.79 Å². The smallest absolute Gasteiger partial charge is 0.317 e. The van der Waals surface area contributed by atoms with Gasteiger partial charge in [0.15, 0.2) is 0 Å². The minimum atomic E-state index is 0.181. The summed E-state index contributed by atoms with van der Waals surface area (Å²) in [4.78, 5) is 17.0. The molecule has 0 radical (unpaired) electrons. The van der Waals surface area contributed by atoms with Crippen LogP contribution < -0.4 is 5.32 Å². The number of hydrogen-bond donors (Lipinski definition) is 1. The maximum absolute atomic E-state index is 12.5. The highest BCUT2D eigenvalue weighted by atomic mass is 16.5. The van der Waals surface area contributed by atoms with E-state index >= 15 is 0 Å². The zero-order chi connectivity index (χ0) is 16.2. The number of carbonyl (C=O) groups excluding carboxylic acids is 1. The van der Waals surface area contributed by atoms with E-state index in [-0.39, 0.29) is 6.03 Å². The molecule has 23 heavy (non-hydrogen) atoms. The minimum Gasteiger partial charge on any atom is -0.377 e. The molecule has 132 valence electrons. The van der Waals surface area contributed by atoms with E-state index in [4.69, 9.17) is 4.74 Å². The van der Waals surface area contributed by atoms with E-state index in [1.807, 2.05) is 0 Å². The third-order valence-corrected chi connectivity index (χ3v) is 5.79. The number of ether oxygens (including phenoxy) is 1. The average Bonchev–Trinajstić information content (AvgIpc) is 3.10. The third-order valence-electron chi connectivity index (χ3n) is 5.79. The molecule has 5 nitrogen and oxygen atoms in total.